The molecule has 19 heavy (non-hydrogen) atoms. The van der Waals surface area contributed by atoms with Crippen molar-refractivity contribution in [1.29, 1.82) is 0 Å². The van der Waals surface area contributed by atoms with Crippen LogP contribution in [0, 0.1) is 6.92 Å². The quantitative estimate of drug-likeness (QED) is 0.884. The van der Waals surface area contributed by atoms with Crippen molar-refractivity contribution in [1.82, 2.24) is 10.3 Å². The Kier molecular flexibility index (Phi) is 3.80. The molecule has 1 aromatic carbocycles. The van der Waals surface area contributed by atoms with Crippen molar-refractivity contribution in [2.24, 2.45) is 0 Å². The first-order valence-electron chi connectivity index (χ1n) is 6.13. The Labute approximate surface area is 111 Å². The van der Waals surface area contributed by atoms with E-state index in [1.165, 1.54) is 12.3 Å². The van der Waals surface area contributed by atoms with Gasteiger partial charge in [-0.1, -0.05) is 30.3 Å². The highest BCUT2D eigenvalue weighted by Gasteiger charge is 2.13. The lowest BCUT2D eigenvalue weighted by Crippen LogP contribution is -2.30. The molecular weight excluding hydrogens is 240 g/mol. The van der Waals surface area contributed by atoms with E-state index in [4.69, 9.17) is 0 Å². The summed E-state index contributed by atoms with van der Waals surface area (Å²) in [5, 5.41) is 2.81. The van der Waals surface area contributed by atoms with Crippen LogP contribution in [0.3, 0.4) is 0 Å². The molecule has 0 saturated carbocycles. The Hall–Kier alpha value is -2.36. The second-order valence-corrected chi connectivity index (χ2v) is 4.50. The van der Waals surface area contributed by atoms with E-state index >= 15 is 0 Å². The molecule has 0 aliphatic carbocycles. The average molecular weight is 256 g/mol. The van der Waals surface area contributed by atoms with Gasteiger partial charge in [0.2, 0.25) is 0 Å². The number of rotatable bonds is 3. The molecule has 0 radical (unpaired) electrons. The molecular formula is C15H16N2O2. The zero-order chi connectivity index (χ0) is 13.8. The van der Waals surface area contributed by atoms with E-state index in [-0.39, 0.29) is 22.9 Å². The summed E-state index contributed by atoms with van der Waals surface area (Å²) in [6, 6.07) is 10.9. The molecule has 2 N–H and O–H groups in total. The van der Waals surface area contributed by atoms with Gasteiger partial charge in [-0.3, -0.25) is 9.59 Å². The lowest BCUT2D eigenvalue weighted by molar-refractivity contribution is 0.0938. The van der Waals surface area contributed by atoms with Crippen LogP contribution in [0.4, 0.5) is 0 Å². The molecule has 0 bridgehead atoms. The summed E-state index contributed by atoms with van der Waals surface area (Å²) in [5.41, 5.74) is 1.60. The maximum Gasteiger partial charge on any atom is 0.257 e. The second kappa shape index (κ2) is 5.52. The van der Waals surface area contributed by atoms with E-state index in [0.717, 1.165) is 11.3 Å². The number of hydrogen-bond acceptors (Lipinski definition) is 2. The smallest absolute Gasteiger partial charge is 0.257 e. The topological polar surface area (TPSA) is 62.0 Å². The van der Waals surface area contributed by atoms with Crippen LogP contribution in [0.5, 0.6) is 0 Å². The Morgan fingerprint density at radius 1 is 1.26 bits per heavy atom. The third-order valence-corrected chi connectivity index (χ3v) is 2.95. The summed E-state index contributed by atoms with van der Waals surface area (Å²) in [4.78, 5) is 26.6. The summed E-state index contributed by atoms with van der Waals surface area (Å²) in [6.45, 7) is 3.66. The van der Waals surface area contributed by atoms with Gasteiger partial charge in [-0.2, -0.15) is 0 Å². The SMILES string of the molecule is Cc1cc(=O)c(C(=O)N[C@@H](C)c2ccccc2)c[nH]1. The van der Waals surface area contributed by atoms with Crippen molar-refractivity contribution in [2.45, 2.75) is 19.9 Å². The van der Waals surface area contributed by atoms with Crippen molar-refractivity contribution in [3.63, 3.8) is 0 Å². The fourth-order valence-electron chi connectivity index (χ4n) is 1.85. The fourth-order valence-corrected chi connectivity index (χ4v) is 1.85. The Balaban J connectivity index is 2.15. The van der Waals surface area contributed by atoms with Crippen molar-refractivity contribution < 1.29 is 4.79 Å². The zero-order valence-electron chi connectivity index (χ0n) is 10.9. The van der Waals surface area contributed by atoms with Gasteiger partial charge in [0, 0.05) is 18.0 Å². The third-order valence-electron chi connectivity index (χ3n) is 2.95. The van der Waals surface area contributed by atoms with Crippen LogP contribution in [0.25, 0.3) is 0 Å². The number of benzene rings is 1. The van der Waals surface area contributed by atoms with Crippen molar-refractivity contribution in [3.05, 3.63) is 69.6 Å². The fraction of sp³-hybridized carbons (Fsp3) is 0.200. The Bertz CT molecular complexity index is 632. The lowest BCUT2D eigenvalue weighted by atomic mass is 10.1. The normalized spacial score (nSPS) is 11.9. The molecule has 0 aliphatic heterocycles. The van der Waals surface area contributed by atoms with Crippen LogP contribution in [0.1, 0.15) is 34.6 Å². The number of aromatic nitrogens is 1. The number of hydrogen-bond donors (Lipinski definition) is 2. The molecule has 0 spiro atoms. The van der Waals surface area contributed by atoms with Crippen LogP contribution in [0.15, 0.2) is 47.4 Å². The molecule has 1 aromatic heterocycles. The van der Waals surface area contributed by atoms with Gasteiger partial charge in [0.05, 0.1) is 6.04 Å². The zero-order valence-corrected chi connectivity index (χ0v) is 10.9. The standard InChI is InChI=1S/C15H16N2O2/c1-10-8-14(18)13(9-16-10)15(19)17-11(2)12-6-4-3-5-7-12/h3-9,11H,1-2H3,(H,16,18)(H,17,19)/t11-/m0/s1. The minimum atomic E-state index is -0.363. The van der Waals surface area contributed by atoms with Gasteiger partial charge in [0.15, 0.2) is 5.43 Å². The first kappa shape index (κ1) is 13.1. The predicted molar refractivity (Wildman–Crippen MR) is 74.1 cm³/mol. The monoisotopic (exact) mass is 256 g/mol. The molecule has 4 nitrogen and oxygen atoms in total. The highest BCUT2D eigenvalue weighted by molar-refractivity contribution is 5.94. The minimum absolute atomic E-state index is 0.133. The van der Waals surface area contributed by atoms with Gasteiger partial charge in [-0.15, -0.1) is 0 Å². The molecule has 0 saturated heterocycles. The molecule has 2 rings (SSSR count). The van der Waals surface area contributed by atoms with E-state index < -0.39 is 0 Å². The van der Waals surface area contributed by atoms with E-state index in [1.807, 2.05) is 37.3 Å². The van der Waals surface area contributed by atoms with Crippen LogP contribution < -0.4 is 10.7 Å². The predicted octanol–water partition coefficient (Wildman–Crippen LogP) is 2.17. The highest BCUT2D eigenvalue weighted by atomic mass is 16.2. The number of H-pyrrole nitrogens is 1. The van der Waals surface area contributed by atoms with Gasteiger partial charge in [0.1, 0.15) is 5.56 Å². The molecule has 0 aliphatic rings. The molecule has 1 amide bonds. The number of amides is 1. The third kappa shape index (κ3) is 3.10. The molecule has 0 unspecified atom stereocenters. The summed E-state index contributed by atoms with van der Waals surface area (Å²) >= 11 is 0. The first-order chi connectivity index (χ1) is 9.08. The van der Waals surface area contributed by atoms with Gasteiger partial charge in [-0.25, -0.2) is 0 Å². The molecule has 2 aromatic rings. The van der Waals surface area contributed by atoms with E-state index in [9.17, 15) is 9.59 Å². The van der Waals surface area contributed by atoms with Crippen LogP contribution in [-0.4, -0.2) is 10.9 Å². The number of carbonyl (C=O) groups is 1. The number of nitrogens with one attached hydrogen (secondary N) is 2. The van der Waals surface area contributed by atoms with Crippen LogP contribution in [0.2, 0.25) is 0 Å². The molecule has 1 heterocycles. The molecule has 98 valence electrons. The largest absolute Gasteiger partial charge is 0.364 e. The van der Waals surface area contributed by atoms with Gasteiger partial charge in [0.25, 0.3) is 5.91 Å². The van der Waals surface area contributed by atoms with Crippen molar-refractivity contribution in [2.75, 3.05) is 0 Å². The van der Waals surface area contributed by atoms with Crippen LogP contribution in [-0.2, 0) is 0 Å². The Morgan fingerprint density at radius 3 is 2.58 bits per heavy atom. The maximum atomic E-state index is 12.0. The first-order valence-corrected chi connectivity index (χ1v) is 6.13. The van der Waals surface area contributed by atoms with Crippen molar-refractivity contribution in [3.8, 4) is 0 Å². The number of pyridine rings is 1. The summed E-state index contributed by atoms with van der Waals surface area (Å²) in [5.74, 6) is -0.363. The van der Waals surface area contributed by atoms with Crippen molar-refractivity contribution >= 4 is 5.91 Å². The van der Waals surface area contributed by atoms with Gasteiger partial charge >= 0.3 is 0 Å². The minimum Gasteiger partial charge on any atom is -0.364 e. The van der Waals surface area contributed by atoms with Crippen LogP contribution >= 0.6 is 0 Å². The number of aryl methyl sites for hydroxylation is 1. The molecule has 0 fully saturated rings. The second-order valence-electron chi connectivity index (χ2n) is 4.50. The molecule has 1 atom stereocenters. The Morgan fingerprint density at radius 2 is 1.95 bits per heavy atom. The highest BCUT2D eigenvalue weighted by Crippen LogP contribution is 2.11. The maximum absolute atomic E-state index is 12.0. The van der Waals surface area contributed by atoms with Gasteiger partial charge in [-0.05, 0) is 19.4 Å². The van der Waals surface area contributed by atoms with E-state index in [1.54, 1.807) is 6.92 Å². The van der Waals surface area contributed by atoms with E-state index in [0.29, 0.717) is 0 Å². The van der Waals surface area contributed by atoms with Gasteiger partial charge < -0.3 is 10.3 Å². The summed E-state index contributed by atoms with van der Waals surface area (Å²) in [7, 11) is 0. The summed E-state index contributed by atoms with van der Waals surface area (Å²) < 4.78 is 0. The summed E-state index contributed by atoms with van der Waals surface area (Å²) in [6.07, 6.45) is 1.45. The van der Waals surface area contributed by atoms with E-state index in [2.05, 4.69) is 10.3 Å². The lowest BCUT2D eigenvalue weighted by Gasteiger charge is -2.14. The molecule has 4 heteroatoms. The number of aromatic amines is 1. The average Bonchev–Trinajstić information content (AvgIpc) is 2.39. The number of carbonyl (C=O) groups excluding carboxylic acids is 1.